The summed E-state index contributed by atoms with van der Waals surface area (Å²) in [5.41, 5.74) is 1.49. The van der Waals surface area contributed by atoms with E-state index in [0.717, 1.165) is 5.56 Å². The predicted molar refractivity (Wildman–Crippen MR) is 78.5 cm³/mol. The predicted octanol–water partition coefficient (Wildman–Crippen LogP) is 2.05. The molecule has 1 saturated heterocycles. The van der Waals surface area contributed by atoms with Crippen molar-refractivity contribution >= 4 is 23.5 Å². The van der Waals surface area contributed by atoms with Crippen LogP contribution in [0.2, 0.25) is 5.02 Å². The van der Waals surface area contributed by atoms with Gasteiger partial charge in [-0.05, 0) is 30.7 Å². The maximum Gasteiger partial charge on any atom is 0.308 e. The number of carbonyl (C=O) groups excluding carboxylic acids is 2. The smallest absolute Gasteiger partial charge is 0.308 e. The van der Waals surface area contributed by atoms with Gasteiger partial charge in [0.1, 0.15) is 0 Å². The van der Waals surface area contributed by atoms with E-state index in [-0.39, 0.29) is 24.4 Å². The van der Waals surface area contributed by atoms with E-state index in [1.807, 2.05) is 6.92 Å². The van der Waals surface area contributed by atoms with Crippen molar-refractivity contribution in [3.63, 3.8) is 0 Å². The minimum absolute atomic E-state index is 0.0984. The summed E-state index contributed by atoms with van der Waals surface area (Å²) >= 11 is 5.99. The van der Waals surface area contributed by atoms with Gasteiger partial charge in [-0.15, -0.1) is 0 Å². The largest absolute Gasteiger partial charge is 0.469 e. The Hall–Kier alpha value is -1.59. The molecular weight excluding hydrogens is 294 g/mol. The summed E-state index contributed by atoms with van der Waals surface area (Å²) in [6.07, 6.45) is -0.176. The Labute approximate surface area is 128 Å². The molecule has 0 N–H and O–H groups in total. The monoisotopic (exact) mass is 311 g/mol. The van der Waals surface area contributed by atoms with Gasteiger partial charge in [-0.1, -0.05) is 11.6 Å². The molecule has 1 aliphatic heterocycles. The lowest BCUT2D eigenvalue weighted by Crippen LogP contribution is -2.46. The SMILES string of the molecule is COC(=O)CC1CN(C(=O)c2cc(C)cc(Cl)c2)CCO1. The van der Waals surface area contributed by atoms with Gasteiger partial charge >= 0.3 is 5.97 Å². The quantitative estimate of drug-likeness (QED) is 0.802. The first-order chi connectivity index (χ1) is 9.99. The van der Waals surface area contributed by atoms with Crippen LogP contribution in [0, 0.1) is 6.92 Å². The molecule has 1 atom stereocenters. The van der Waals surface area contributed by atoms with Crippen molar-refractivity contribution in [2.45, 2.75) is 19.4 Å². The second-order valence-electron chi connectivity index (χ2n) is 5.04. The van der Waals surface area contributed by atoms with Crippen LogP contribution < -0.4 is 0 Å². The molecule has 114 valence electrons. The van der Waals surface area contributed by atoms with Crippen LogP contribution in [0.25, 0.3) is 0 Å². The number of halogens is 1. The molecule has 1 aliphatic rings. The molecule has 0 radical (unpaired) electrons. The Morgan fingerprint density at radius 3 is 2.86 bits per heavy atom. The lowest BCUT2D eigenvalue weighted by molar-refractivity contribution is -0.145. The number of morpholine rings is 1. The van der Waals surface area contributed by atoms with E-state index in [1.165, 1.54) is 7.11 Å². The van der Waals surface area contributed by atoms with Crippen LogP contribution in [0.5, 0.6) is 0 Å². The van der Waals surface area contributed by atoms with Crippen molar-refractivity contribution < 1.29 is 19.1 Å². The minimum atomic E-state index is -0.340. The number of carbonyl (C=O) groups is 2. The summed E-state index contributed by atoms with van der Waals surface area (Å²) in [6.45, 7) is 3.18. The van der Waals surface area contributed by atoms with E-state index < -0.39 is 0 Å². The molecule has 1 aromatic rings. The number of nitrogens with zero attached hydrogens (tertiary/aromatic N) is 1. The summed E-state index contributed by atoms with van der Waals surface area (Å²) in [5.74, 6) is -0.438. The summed E-state index contributed by atoms with van der Waals surface area (Å²) in [5, 5.41) is 0.540. The molecule has 0 spiro atoms. The molecule has 5 nitrogen and oxygen atoms in total. The Bertz CT molecular complexity index is 526. The number of esters is 1. The van der Waals surface area contributed by atoms with E-state index >= 15 is 0 Å². The standard InChI is InChI=1S/C15H18ClNO4/c1-10-5-11(7-12(16)6-10)15(19)17-3-4-21-13(9-17)8-14(18)20-2/h5-7,13H,3-4,8-9H2,1-2H3. The van der Waals surface area contributed by atoms with Gasteiger partial charge in [-0.3, -0.25) is 9.59 Å². The van der Waals surface area contributed by atoms with Gasteiger partial charge in [0, 0.05) is 23.7 Å². The third kappa shape index (κ3) is 4.19. The average molecular weight is 312 g/mol. The number of amides is 1. The number of rotatable bonds is 3. The van der Waals surface area contributed by atoms with Gasteiger partial charge in [0.05, 0.1) is 26.2 Å². The van der Waals surface area contributed by atoms with Crippen molar-refractivity contribution in [1.82, 2.24) is 4.90 Å². The Balaban J connectivity index is 2.06. The number of benzene rings is 1. The molecule has 1 aromatic carbocycles. The molecule has 2 rings (SSSR count). The second kappa shape index (κ2) is 6.91. The van der Waals surface area contributed by atoms with Crippen LogP contribution in [0.3, 0.4) is 0 Å². The highest BCUT2D eigenvalue weighted by Crippen LogP contribution is 2.18. The van der Waals surface area contributed by atoms with Gasteiger partial charge in [0.25, 0.3) is 5.91 Å². The normalized spacial score (nSPS) is 18.4. The zero-order valence-corrected chi connectivity index (χ0v) is 12.9. The lowest BCUT2D eigenvalue weighted by Gasteiger charge is -2.32. The van der Waals surface area contributed by atoms with Crippen molar-refractivity contribution in [1.29, 1.82) is 0 Å². The topological polar surface area (TPSA) is 55.8 Å². The summed E-state index contributed by atoms with van der Waals surface area (Å²) in [6, 6.07) is 5.26. The van der Waals surface area contributed by atoms with E-state index in [0.29, 0.717) is 30.3 Å². The fourth-order valence-electron chi connectivity index (χ4n) is 2.34. The molecule has 1 heterocycles. The van der Waals surface area contributed by atoms with Crippen LogP contribution in [0.4, 0.5) is 0 Å². The average Bonchev–Trinajstić information content (AvgIpc) is 2.45. The molecule has 6 heteroatoms. The van der Waals surface area contributed by atoms with Crippen LogP contribution in [0.1, 0.15) is 22.3 Å². The third-order valence-corrected chi connectivity index (χ3v) is 3.56. The van der Waals surface area contributed by atoms with Crippen molar-refractivity contribution in [2.75, 3.05) is 26.8 Å². The third-order valence-electron chi connectivity index (χ3n) is 3.34. The highest BCUT2D eigenvalue weighted by atomic mass is 35.5. The van der Waals surface area contributed by atoms with Crippen molar-refractivity contribution in [3.8, 4) is 0 Å². The van der Waals surface area contributed by atoms with Crippen LogP contribution in [-0.4, -0.2) is 49.7 Å². The van der Waals surface area contributed by atoms with E-state index in [2.05, 4.69) is 4.74 Å². The molecule has 1 amide bonds. The number of aryl methyl sites for hydroxylation is 1. The summed E-state index contributed by atoms with van der Waals surface area (Å²) in [4.78, 5) is 25.5. The van der Waals surface area contributed by atoms with Crippen molar-refractivity contribution in [2.24, 2.45) is 0 Å². The number of hydrogen-bond donors (Lipinski definition) is 0. The fourth-order valence-corrected chi connectivity index (χ4v) is 2.63. The Morgan fingerprint density at radius 1 is 1.43 bits per heavy atom. The van der Waals surface area contributed by atoms with Gasteiger partial charge in [-0.2, -0.15) is 0 Å². The zero-order valence-electron chi connectivity index (χ0n) is 12.1. The molecule has 0 saturated carbocycles. The highest BCUT2D eigenvalue weighted by molar-refractivity contribution is 6.31. The summed E-state index contributed by atoms with van der Waals surface area (Å²) < 4.78 is 10.1. The van der Waals surface area contributed by atoms with Crippen molar-refractivity contribution in [3.05, 3.63) is 34.3 Å². The Morgan fingerprint density at radius 2 is 2.19 bits per heavy atom. The molecule has 0 aliphatic carbocycles. The van der Waals surface area contributed by atoms with Crippen LogP contribution >= 0.6 is 11.6 Å². The lowest BCUT2D eigenvalue weighted by atomic mass is 10.1. The van der Waals surface area contributed by atoms with E-state index in [4.69, 9.17) is 16.3 Å². The molecular formula is C15H18ClNO4. The fraction of sp³-hybridized carbons (Fsp3) is 0.467. The van der Waals surface area contributed by atoms with Crippen LogP contribution in [-0.2, 0) is 14.3 Å². The Kier molecular flexibility index (Phi) is 5.20. The molecule has 1 fully saturated rings. The van der Waals surface area contributed by atoms with Gasteiger partial charge in [0.15, 0.2) is 0 Å². The van der Waals surface area contributed by atoms with Gasteiger partial charge < -0.3 is 14.4 Å². The first kappa shape index (κ1) is 15.8. The number of ether oxygens (including phenoxy) is 2. The van der Waals surface area contributed by atoms with Gasteiger partial charge in [0.2, 0.25) is 0 Å². The molecule has 21 heavy (non-hydrogen) atoms. The molecule has 1 unspecified atom stereocenters. The molecule has 0 aromatic heterocycles. The van der Waals surface area contributed by atoms with Gasteiger partial charge in [-0.25, -0.2) is 0 Å². The highest BCUT2D eigenvalue weighted by Gasteiger charge is 2.27. The molecule has 0 bridgehead atoms. The summed E-state index contributed by atoms with van der Waals surface area (Å²) in [7, 11) is 1.34. The van der Waals surface area contributed by atoms with Crippen LogP contribution in [0.15, 0.2) is 18.2 Å². The number of methoxy groups -OCH3 is 1. The maximum atomic E-state index is 12.5. The first-order valence-corrected chi connectivity index (χ1v) is 7.12. The second-order valence-corrected chi connectivity index (χ2v) is 5.48. The number of hydrogen-bond acceptors (Lipinski definition) is 4. The maximum absolute atomic E-state index is 12.5. The first-order valence-electron chi connectivity index (χ1n) is 6.74. The van der Waals surface area contributed by atoms with E-state index in [1.54, 1.807) is 23.1 Å². The minimum Gasteiger partial charge on any atom is -0.469 e. The zero-order chi connectivity index (χ0) is 15.4. The van der Waals surface area contributed by atoms with E-state index in [9.17, 15) is 9.59 Å².